The van der Waals surface area contributed by atoms with Gasteiger partial charge in [0, 0.05) is 30.1 Å². The second kappa shape index (κ2) is 11.4. The Hall–Kier alpha value is -5.13. The zero-order valence-corrected chi connectivity index (χ0v) is 24.6. The molecule has 1 aromatic heterocycles. The van der Waals surface area contributed by atoms with Gasteiger partial charge >= 0.3 is 5.97 Å². The van der Waals surface area contributed by atoms with Crippen molar-refractivity contribution in [3.63, 3.8) is 0 Å². The molecule has 2 fully saturated rings. The first-order valence-corrected chi connectivity index (χ1v) is 14.4. The number of hydrogen-bond acceptors (Lipinski definition) is 8. The lowest BCUT2D eigenvalue weighted by Gasteiger charge is -2.31. The fourth-order valence-electron chi connectivity index (χ4n) is 6.34. The Morgan fingerprint density at radius 1 is 1.11 bits per heavy atom. The van der Waals surface area contributed by atoms with E-state index in [2.05, 4.69) is 5.32 Å². The number of aliphatic carboxylic acids is 1. The average Bonchev–Trinajstić information content (AvgIpc) is 3.48. The Kier molecular flexibility index (Phi) is 7.59. The summed E-state index contributed by atoms with van der Waals surface area (Å²) in [7, 11) is 0. The van der Waals surface area contributed by atoms with E-state index in [4.69, 9.17) is 16.0 Å². The molecule has 0 aliphatic carbocycles. The average molecular weight is 628 g/mol. The third-order valence-corrected chi connectivity index (χ3v) is 8.98. The number of carbonyl (C=O) groups is 3. The SMILES string of the molecule is Cc1cc2occ(C3NC(Cc4ccc([N+](=O)[O-])cc4)(C(=O)O)C4C(=O)N(CC=Cc5ccccc5)C(=O)C34)c(=O)c2cc1Cl. The van der Waals surface area contributed by atoms with Crippen molar-refractivity contribution >= 4 is 52.1 Å². The van der Waals surface area contributed by atoms with E-state index in [1.807, 2.05) is 30.3 Å². The Bertz CT molecular complexity index is 1960. The van der Waals surface area contributed by atoms with Crippen LogP contribution in [-0.2, 0) is 20.8 Å². The summed E-state index contributed by atoms with van der Waals surface area (Å²) in [5.74, 6) is -5.40. The second-order valence-electron chi connectivity index (χ2n) is 11.2. The number of hydrogen-bond donors (Lipinski definition) is 2. The third-order valence-electron chi connectivity index (χ3n) is 8.57. The van der Waals surface area contributed by atoms with E-state index in [0.29, 0.717) is 16.1 Å². The minimum atomic E-state index is -2.04. The van der Waals surface area contributed by atoms with Crippen LogP contribution < -0.4 is 10.7 Å². The van der Waals surface area contributed by atoms with Gasteiger partial charge in [-0.2, -0.15) is 0 Å². The number of aryl methyl sites for hydroxylation is 1. The summed E-state index contributed by atoms with van der Waals surface area (Å²) in [5.41, 5.74) is -0.602. The first-order chi connectivity index (χ1) is 21.5. The number of rotatable bonds is 8. The summed E-state index contributed by atoms with van der Waals surface area (Å²) >= 11 is 6.29. The Balaban J connectivity index is 1.45. The first kappa shape index (κ1) is 29.9. The predicted octanol–water partition coefficient (Wildman–Crippen LogP) is 4.69. The fraction of sp³-hybridized carbons (Fsp3) is 0.212. The molecule has 2 aliphatic rings. The van der Waals surface area contributed by atoms with E-state index < -0.39 is 51.6 Å². The van der Waals surface area contributed by atoms with Gasteiger partial charge in [0.25, 0.3) is 5.69 Å². The highest BCUT2D eigenvalue weighted by Crippen LogP contribution is 2.50. The monoisotopic (exact) mass is 627 g/mol. The molecule has 2 amide bonds. The Morgan fingerprint density at radius 3 is 2.49 bits per heavy atom. The number of nitro groups is 1. The van der Waals surface area contributed by atoms with Crippen LogP contribution in [0.2, 0.25) is 5.02 Å². The number of imide groups is 1. The van der Waals surface area contributed by atoms with Crippen LogP contribution >= 0.6 is 11.6 Å². The van der Waals surface area contributed by atoms with E-state index in [1.165, 1.54) is 36.6 Å². The van der Waals surface area contributed by atoms with E-state index in [1.54, 1.807) is 25.1 Å². The largest absolute Gasteiger partial charge is 0.480 e. The van der Waals surface area contributed by atoms with Crippen molar-refractivity contribution in [2.45, 2.75) is 24.9 Å². The molecule has 0 spiro atoms. The molecular weight excluding hydrogens is 602 g/mol. The van der Waals surface area contributed by atoms with Crippen LogP contribution in [0.5, 0.6) is 0 Å². The zero-order valence-electron chi connectivity index (χ0n) is 23.8. The van der Waals surface area contributed by atoms with Gasteiger partial charge in [0.15, 0.2) is 5.43 Å². The van der Waals surface area contributed by atoms with Gasteiger partial charge in [-0.15, -0.1) is 0 Å². The summed E-state index contributed by atoms with van der Waals surface area (Å²) in [5, 5.41) is 25.4. The van der Waals surface area contributed by atoms with Crippen molar-refractivity contribution in [3.05, 3.63) is 127 Å². The van der Waals surface area contributed by atoms with Crippen LogP contribution in [0.15, 0.2) is 88.3 Å². The van der Waals surface area contributed by atoms with Crippen LogP contribution in [0.1, 0.15) is 28.3 Å². The molecule has 228 valence electrons. The highest BCUT2D eigenvalue weighted by molar-refractivity contribution is 6.32. The van der Waals surface area contributed by atoms with Crippen molar-refractivity contribution in [1.29, 1.82) is 0 Å². The molecule has 2 N–H and O–H groups in total. The summed E-state index contributed by atoms with van der Waals surface area (Å²) < 4.78 is 5.77. The Morgan fingerprint density at radius 2 is 1.82 bits per heavy atom. The first-order valence-electron chi connectivity index (χ1n) is 14.0. The minimum absolute atomic E-state index is 0.0212. The molecule has 12 heteroatoms. The molecule has 3 aromatic carbocycles. The zero-order chi connectivity index (χ0) is 32.0. The van der Waals surface area contributed by atoms with Crippen molar-refractivity contribution in [3.8, 4) is 0 Å². The van der Waals surface area contributed by atoms with Crippen molar-refractivity contribution in [2.75, 3.05) is 6.54 Å². The number of carboxylic acid groups (broad SMARTS) is 1. The van der Waals surface area contributed by atoms with Crippen LogP contribution in [-0.4, -0.2) is 44.8 Å². The maximum absolute atomic E-state index is 14.0. The van der Waals surface area contributed by atoms with Crippen LogP contribution in [0, 0.1) is 28.9 Å². The number of carbonyl (C=O) groups excluding carboxylic acids is 2. The predicted molar refractivity (Wildman–Crippen MR) is 164 cm³/mol. The van der Waals surface area contributed by atoms with Gasteiger partial charge < -0.3 is 9.52 Å². The lowest BCUT2D eigenvalue weighted by molar-refractivity contribution is -0.384. The molecule has 4 aromatic rings. The van der Waals surface area contributed by atoms with E-state index in [-0.39, 0.29) is 35.2 Å². The van der Waals surface area contributed by atoms with Gasteiger partial charge in [0.05, 0.1) is 40.0 Å². The highest BCUT2D eigenvalue weighted by atomic mass is 35.5. The number of nitrogens with one attached hydrogen (secondary N) is 1. The summed E-state index contributed by atoms with van der Waals surface area (Å²) in [6.07, 6.45) is 4.28. The van der Waals surface area contributed by atoms with Gasteiger partial charge in [-0.05, 0) is 35.7 Å². The molecule has 2 saturated heterocycles. The van der Waals surface area contributed by atoms with Crippen LogP contribution in [0.3, 0.4) is 0 Å². The minimum Gasteiger partial charge on any atom is -0.480 e. The number of carboxylic acids is 1. The number of halogens is 1. The van der Waals surface area contributed by atoms with E-state index in [9.17, 15) is 34.4 Å². The van der Waals surface area contributed by atoms with Gasteiger partial charge in [-0.1, -0.05) is 66.2 Å². The maximum Gasteiger partial charge on any atom is 0.325 e. The molecule has 11 nitrogen and oxygen atoms in total. The van der Waals surface area contributed by atoms with E-state index in [0.717, 1.165) is 10.5 Å². The number of amides is 2. The van der Waals surface area contributed by atoms with Crippen LogP contribution in [0.25, 0.3) is 17.0 Å². The Labute approximate surface area is 260 Å². The second-order valence-corrected chi connectivity index (χ2v) is 11.6. The fourth-order valence-corrected chi connectivity index (χ4v) is 6.50. The molecule has 4 unspecified atom stereocenters. The molecular formula is C33H26ClN3O8. The lowest BCUT2D eigenvalue weighted by atomic mass is 9.76. The van der Waals surface area contributed by atoms with Gasteiger partial charge in [-0.25, -0.2) is 0 Å². The topological polar surface area (TPSA) is 160 Å². The molecule has 2 aliphatic heterocycles. The molecule has 0 saturated carbocycles. The molecule has 0 bridgehead atoms. The molecule has 0 radical (unpaired) electrons. The lowest BCUT2D eigenvalue weighted by Crippen LogP contribution is -2.57. The number of non-ortho nitro benzene ring substituents is 1. The number of benzene rings is 3. The standard InChI is InChI=1S/C33H26ClN3O8/c1-18-14-25-22(15-24(18)34)29(38)23(17-45-25)28-26-27(31(40)36(30(26)39)13-5-8-19-6-3-2-4-7-19)33(35-28,32(41)42)16-20-9-11-21(12-10-20)37(43)44/h2-12,14-15,17,26-28,35H,13,16H2,1H3,(H,41,42). The summed E-state index contributed by atoms with van der Waals surface area (Å²) in [4.78, 5) is 66.6. The highest BCUT2D eigenvalue weighted by Gasteiger charge is 2.68. The van der Waals surface area contributed by atoms with Gasteiger partial charge in [0.1, 0.15) is 11.1 Å². The number of nitro benzene ring substituents is 1. The third kappa shape index (κ3) is 5.09. The van der Waals surface area contributed by atoms with Gasteiger partial charge in [0.2, 0.25) is 11.8 Å². The molecule has 45 heavy (non-hydrogen) atoms. The van der Waals surface area contributed by atoms with Gasteiger partial charge in [-0.3, -0.25) is 39.5 Å². The number of likely N-dealkylation sites (tertiary alicyclic amines) is 1. The number of nitrogens with zero attached hydrogens (tertiary/aromatic N) is 2. The smallest absolute Gasteiger partial charge is 0.325 e. The molecule has 4 atom stereocenters. The van der Waals surface area contributed by atoms with Crippen molar-refractivity contribution in [2.24, 2.45) is 11.8 Å². The van der Waals surface area contributed by atoms with Crippen LogP contribution in [0.4, 0.5) is 5.69 Å². The molecule has 6 rings (SSSR count). The quantitative estimate of drug-likeness (QED) is 0.160. The van der Waals surface area contributed by atoms with Crippen molar-refractivity contribution in [1.82, 2.24) is 10.2 Å². The normalized spacial score (nSPS) is 22.8. The summed E-state index contributed by atoms with van der Waals surface area (Å²) in [6.45, 7) is 1.64. The van der Waals surface area contributed by atoms with Crippen molar-refractivity contribution < 1.29 is 28.8 Å². The maximum atomic E-state index is 14.0. The number of fused-ring (bicyclic) bond motifs is 2. The molecule has 3 heterocycles. The van der Waals surface area contributed by atoms with E-state index >= 15 is 0 Å². The summed E-state index contributed by atoms with van der Waals surface area (Å²) in [6, 6.07) is 16.4.